The Balaban J connectivity index is -0.0000000133. The Morgan fingerprint density at radius 2 is 0.778 bits per heavy atom. The third kappa shape index (κ3) is 110. The van der Waals surface area contributed by atoms with E-state index in [9.17, 15) is 17.3 Å². The van der Waals surface area contributed by atoms with Crippen LogP contribution in [-0.2, 0) is 0 Å². The predicted molar refractivity (Wildman–Crippen MR) is 17.3 cm³/mol. The molecule has 0 rings (SSSR count). The molecule has 0 aliphatic rings. The zero-order valence-corrected chi connectivity index (χ0v) is 8.47. The van der Waals surface area contributed by atoms with Gasteiger partial charge in [-0.05, 0) is 0 Å². The van der Waals surface area contributed by atoms with Crippen LogP contribution in [0, 0.1) is 0 Å². The zero-order valence-electron chi connectivity index (χ0n) is 4.47. The summed E-state index contributed by atoms with van der Waals surface area (Å²) in [7, 11) is -6.00. The van der Waals surface area contributed by atoms with Crippen LogP contribution < -0.4 is 63.8 Å². The van der Waals surface area contributed by atoms with Crippen LogP contribution in [-0.4, -0.2) is 36.8 Å². The van der Waals surface area contributed by atoms with Crippen molar-refractivity contribution in [3.05, 3.63) is 0 Å². The topological polar surface area (TPSA) is 0 Å². The Morgan fingerprint density at radius 1 is 0.778 bits per heavy atom. The number of halogens is 5. The van der Waals surface area contributed by atoms with E-state index in [0.717, 1.165) is 0 Å². The molecule has 42 valence electrons. The zero-order chi connectivity index (χ0) is 4.50. The summed E-state index contributed by atoms with van der Waals surface area (Å²) in [6.45, 7) is 0. The molecule has 0 atom stereocenters. The van der Waals surface area contributed by atoms with Crippen LogP contribution in [0.2, 0.25) is 0 Å². The molecule has 0 heterocycles. The molecule has 0 saturated carbocycles. The van der Waals surface area contributed by atoms with Gasteiger partial charge in [-0.1, -0.05) is 0 Å². The predicted octanol–water partition coefficient (Wildman–Crippen LogP) is -8.34. The third-order valence-corrected chi connectivity index (χ3v) is 0. The van der Waals surface area contributed by atoms with Crippen molar-refractivity contribution in [2.24, 2.45) is 0 Å². The van der Waals surface area contributed by atoms with E-state index >= 15 is 0 Å². The minimum atomic E-state index is -6.00. The summed E-state index contributed by atoms with van der Waals surface area (Å²) in [5.74, 6) is 0. The van der Waals surface area contributed by atoms with E-state index in [-0.39, 0.29) is 93.4 Å². The van der Waals surface area contributed by atoms with Crippen molar-refractivity contribution in [3.8, 4) is 0 Å². The Kier molecular flexibility index (Phi) is 44.1. The molecule has 0 aromatic rings. The molecule has 0 amide bonds. The molecule has 0 aromatic heterocycles. The fourth-order valence-electron chi connectivity index (χ4n) is 0. The molecule has 0 aliphatic carbocycles. The van der Waals surface area contributed by atoms with Gasteiger partial charge < -0.3 is 22.0 Å². The molecule has 0 aromatic carbocycles. The summed E-state index contributed by atoms with van der Waals surface area (Å²) >= 11 is 0. The quantitative estimate of drug-likeness (QED) is 0.254. The molecular formula is HBF5Na3. The van der Waals surface area contributed by atoms with E-state index < -0.39 is 7.25 Å². The van der Waals surface area contributed by atoms with Crippen LogP contribution in [0.1, 0.15) is 0 Å². The Labute approximate surface area is 116 Å². The van der Waals surface area contributed by atoms with Crippen molar-refractivity contribution < 1.29 is 81.1 Å². The molecule has 0 fully saturated rings. The normalized spacial score (nSPS) is 6.67. The molecule has 0 spiro atoms. The first-order valence-electron chi connectivity index (χ1n) is 0.873. The van der Waals surface area contributed by atoms with Gasteiger partial charge in [-0.25, -0.2) is 0 Å². The molecule has 0 N–H and O–H groups in total. The number of hydrogen-bond donors (Lipinski definition) is 0. The maximum absolute atomic E-state index is 9.75. The second-order valence-electron chi connectivity index (χ2n) is 0.495. The second-order valence-corrected chi connectivity index (χ2v) is 0.495. The van der Waals surface area contributed by atoms with E-state index in [4.69, 9.17) is 0 Å². The first kappa shape index (κ1) is 29.8. The molecule has 0 saturated heterocycles. The maximum atomic E-state index is 9.75. The van der Waals surface area contributed by atoms with Crippen LogP contribution in [0.5, 0.6) is 0 Å². The van der Waals surface area contributed by atoms with Crippen LogP contribution in [0.25, 0.3) is 0 Å². The van der Waals surface area contributed by atoms with E-state index in [0.29, 0.717) is 0 Å². The molecule has 9 heteroatoms. The molecule has 9 heavy (non-hydrogen) atoms. The van der Waals surface area contributed by atoms with Crippen LogP contribution in [0.15, 0.2) is 0 Å². The van der Waals surface area contributed by atoms with Gasteiger partial charge in [-0.3, -0.25) is 0 Å². The average Bonchev–Trinajstić information content (AvgIpc) is 0.722. The van der Waals surface area contributed by atoms with Gasteiger partial charge in [0.05, 0.1) is 0 Å². The van der Waals surface area contributed by atoms with E-state index in [1.165, 1.54) is 0 Å². The fourth-order valence-corrected chi connectivity index (χ4v) is 0. The number of hydrogen-bond acceptors (Lipinski definition) is 0. The third-order valence-electron chi connectivity index (χ3n) is 0. The van der Waals surface area contributed by atoms with Gasteiger partial charge in [-0.15, -0.1) is 0 Å². The Morgan fingerprint density at radius 3 is 0.778 bits per heavy atom. The molecule has 0 radical (unpaired) electrons. The van der Waals surface area contributed by atoms with Gasteiger partial charge in [0.2, 0.25) is 0 Å². The van der Waals surface area contributed by atoms with Crippen LogP contribution in [0.4, 0.5) is 17.3 Å². The summed E-state index contributed by atoms with van der Waals surface area (Å²) in [6, 6.07) is 0. The van der Waals surface area contributed by atoms with Crippen LogP contribution in [0.3, 0.4) is 0 Å². The average molecular weight is 176 g/mol. The monoisotopic (exact) mass is 176 g/mol. The standard InChI is InChI=1S/BF4.FH.3Na.H/c2-1(3,4)5;;;;;/h;1H;;;;/q-1;;;2*+1;/p-1. The first-order chi connectivity index (χ1) is 2.00. The van der Waals surface area contributed by atoms with Gasteiger partial charge in [0, 0.05) is 0 Å². The van der Waals surface area contributed by atoms with E-state index in [1.54, 1.807) is 0 Å². The summed E-state index contributed by atoms with van der Waals surface area (Å²) in [4.78, 5) is 0. The summed E-state index contributed by atoms with van der Waals surface area (Å²) in [5, 5.41) is 0. The van der Waals surface area contributed by atoms with Crippen LogP contribution >= 0.6 is 0 Å². The summed E-state index contributed by atoms with van der Waals surface area (Å²) in [6.07, 6.45) is 0. The van der Waals surface area contributed by atoms with Crippen molar-refractivity contribution in [1.82, 2.24) is 0 Å². The van der Waals surface area contributed by atoms with Crippen molar-refractivity contribution in [3.63, 3.8) is 0 Å². The second kappa shape index (κ2) is 13.3. The molecule has 0 aliphatic heterocycles. The Hall–Kier alpha value is 2.71. The molecule has 0 bridgehead atoms. The van der Waals surface area contributed by atoms with Gasteiger partial charge >= 0.3 is 95.9 Å². The summed E-state index contributed by atoms with van der Waals surface area (Å²) in [5.41, 5.74) is 0. The van der Waals surface area contributed by atoms with Gasteiger partial charge in [0.15, 0.2) is 0 Å². The molecular weight excluding hydrogens is 175 g/mol. The van der Waals surface area contributed by atoms with E-state index in [1.807, 2.05) is 0 Å². The minimum absolute atomic E-state index is 0. The molecule has 0 nitrogen and oxygen atoms in total. The fraction of sp³-hybridized carbons (Fsp3) is 0. The summed E-state index contributed by atoms with van der Waals surface area (Å²) < 4.78 is 39.0. The molecule has 0 unspecified atom stereocenters. The first-order valence-corrected chi connectivity index (χ1v) is 0.873. The van der Waals surface area contributed by atoms with Gasteiger partial charge in [0.25, 0.3) is 0 Å². The van der Waals surface area contributed by atoms with Gasteiger partial charge in [0.1, 0.15) is 0 Å². The Bertz CT molecular complexity index is 27.7. The van der Waals surface area contributed by atoms with Gasteiger partial charge in [-0.2, -0.15) is 0 Å². The SMILES string of the molecule is F[B-](F)(F)F.[F-].[Na+].[Na+].[NaH]. The van der Waals surface area contributed by atoms with E-state index in [2.05, 4.69) is 0 Å². The van der Waals surface area contributed by atoms with Crippen molar-refractivity contribution in [2.75, 3.05) is 0 Å². The number of rotatable bonds is 0. The van der Waals surface area contributed by atoms with Crippen molar-refractivity contribution >= 4 is 36.8 Å². The van der Waals surface area contributed by atoms with Crippen molar-refractivity contribution in [2.45, 2.75) is 0 Å². The van der Waals surface area contributed by atoms with Crippen molar-refractivity contribution in [1.29, 1.82) is 0 Å².